The van der Waals surface area contributed by atoms with Crippen LogP contribution in [0.2, 0.25) is 0 Å². The van der Waals surface area contributed by atoms with Crippen LogP contribution in [0.3, 0.4) is 0 Å². The average molecular weight is 303 g/mol. The number of aromatic nitrogens is 1. The van der Waals surface area contributed by atoms with E-state index in [0.717, 1.165) is 17.0 Å². The Balaban J connectivity index is 1.86. The summed E-state index contributed by atoms with van der Waals surface area (Å²) in [5, 5.41) is 5.53. The van der Waals surface area contributed by atoms with Gasteiger partial charge in [0.05, 0.1) is 12.8 Å². The lowest BCUT2D eigenvalue weighted by molar-refractivity contribution is 0.237. The number of rotatable bonds is 5. The topological polar surface area (TPSA) is 87.1 Å². The maximum atomic E-state index is 11.9. The van der Waals surface area contributed by atoms with Gasteiger partial charge in [-0.15, -0.1) is 0 Å². The molecule has 1 atom stereocenters. The molecule has 0 bridgehead atoms. The molecule has 0 aliphatic rings. The molecule has 0 spiro atoms. The SMILES string of the molecule is Cc1cc(C)c(CNC(=O)N[C@H](C)Cc2ccco2)c(=O)[nH]1. The van der Waals surface area contributed by atoms with Crippen molar-refractivity contribution >= 4 is 6.03 Å². The molecule has 6 heteroatoms. The molecule has 2 heterocycles. The van der Waals surface area contributed by atoms with Gasteiger partial charge in [-0.05, 0) is 44.5 Å². The van der Waals surface area contributed by atoms with Crippen molar-refractivity contribution < 1.29 is 9.21 Å². The quantitative estimate of drug-likeness (QED) is 0.789. The minimum absolute atomic E-state index is 0.0662. The highest BCUT2D eigenvalue weighted by atomic mass is 16.3. The zero-order chi connectivity index (χ0) is 16.1. The number of carbonyl (C=O) groups excluding carboxylic acids is 1. The third kappa shape index (κ3) is 4.25. The van der Waals surface area contributed by atoms with Crippen LogP contribution in [0, 0.1) is 13.8 Å². The zero-order valence-corrected chi connectivity index (χ0v) is 13.0. The van der Waals surface area contributed by atoms with Crippen LogP contribution in [0.5, 0.6) is 0 Å². The molecule has 0 saturated heterocycles. The molecular weight excluding hydrogens is 282 g/mol. The lowest BCUT2D eigenvalue weighted by Crippen LogP contribution is -2.42. The Kier molecular flexibility index (Phi) is 5.04. The van der Waals surface area contributed by atoms with E-state index in [0.29, 0.717) is 12.0 Å². The van der Waals surface area contributed by atoms with Crippen molar-refractivity contribution in [2.24, 2.45) is 0 Å². The summed E-state index contributed by atoms with van der Waals surface area (Å²) in [5.41, 5.74) is 2.08. The van der Waals surface area contributed by atoms with E-state index in [1.165, 1.54) is 0 Å². The van der Waals surface area contributed by atoms with Gasteiger partial charge < -0.3 is 20.0 Å². The fourth-order valence-corrected chi connectivity index (χ4v) is 2.33. The first kappa shape index (κ1) is 15.9. The van der Waals surface area contributed by atoms with E-state index in [-0.39, 0.29) is 24.2 Å². The summed E-state index contributed by atoms with van der Waals surface area (Å²) in [6.07, 6.45) is 2.22. The van der Waals surface area contributed by atoms with Crippen molar-refractivity contribution in [1.82, 2.24) is 15.6 Å². The lowest BCUT2D eigenvalue weighted by Gasteiger charge is -2.14. The zero-order valence-electron chi connectivity index (χ0n) is 13.0. The van der Waals surface area contributed by atoms with Gasteiger partial charge in [0.1, 0.15) is 5.76 Å². The van der Waals surface area contributed by atoms with Gasteiger partial charge >= 0.3 is 6.03 Å². The molecule has 118 valence electrons. The number of nitrogens with one attached hydrogen (secondary N) is 3. The fourth-order valence-electron chi connectivity index (χ4n) is 2.33. The molecule has 2 rings (SSSR count). The number of carbonyl (C=O) groups is 1. The fraction of sp³-hybridized carbons (Fsp3) is 0.375. The number of aryl methyl sites for hydroxylation is 2. The van der Waals surface area contributed by atoms with Gasteiger partial charge in [-0.2, -0.15) is 0 Å². The third-order valence-corrected chi connectivity index (χ3v) is 3.38. The lowest BCUT2D eigenvalue weighted by atomic mass is 10.1. The molecule has 0 aromatic carbocycles. The second-order valence-electron chi connectivity index (χ2n) is 5.45. The molecule has 0 fully saturated rings. The summed E-state index contributed by atoms with van der Waals surface area (Å²) in [6.45, 7) is 5.78. The van der Waals surface area contributed by atoms with E-state index in [1.807, 2.05) is 39.0 Å². The first-order chi connectivity index (χ1) is 10.5. The number of pyridine rings is 1. The van der Waals surface area contributed by atoms with Gasteiger partial charge in [-0.25, -0.2) is 4.79 Å². The molecule has 0 saturated carbocycles. The molecule has 6 nitrogen and oxygen atoms in total. The number of hydrogen-bond acceptors (Lipinski definition) is 3. The molecule has 3 N–H and O–H groups in total. The highest BCUT2D eigenvalue weighted by Crippen LogP contribution is 2.04. The minimum Gasteiger partial charge on any atom is -0.469 e. The highest BCUT2D eigenvalue weighted by Gasteiger charge is 2.11. The number of H-pyrrole nitrogens is 1. The minimum atomic E-state index is -0.307. The number of amides is 2. The van der Waals surface area contributed by atoms with Gasteiger partial charge in [0.15, 0.2) is 0 Å². The number of aromatic amines is 1. The Morgan fingerprint density at radius 3 is 2.82 bits per heavy atom. The summed E-state index contributed by atoms with van der Waals surface area (Å²) in [4.78, 5) is 26.5. The van der Waals surface area contributed by atoms with E-state index in [1.54, 1.807) is 6.26 Å². The van der Waals surface area contributed by atoms with Gasteiger partial charge in [-0.3, -0.25) is 4.79 Å². The Bertz CT molecular complexity index is 689. The van der Waals surface area contributed by atoms with Crippen molar-refractivity contribution in [1.29, 1.82) is 0 Å². The number of hydrogen-bond donors (Lipinski definition) is 3. The van der Waals surface area contributed by atoms with E-state index >= 15 is 0 Å². The van der Waals surface area contributed by atoms with Gasteiger partial charge in [0, 0.05) is 23.7 Å². The van der Waals surface area contributed by atoms with Crippen LogP contribution >= 0.6 is 0 Å². The second kappa shape index (κ2) is 6.98. The first-order valence-electron chi connectivity index (χ1n) is 7.22. The Hall–Kier alpha value is -2.50. The molecule has 0 unspecified atom stereocenters. The van der Waals surface area contributed by atoms with Crippen molar-refractivity contribution in [3.63, 3.8) is 0 Å². The van der Waals surface area contributed by atoms with Crippen LogP contribution < -0.4 is 16.2 Å². The smallest absolute Gasteiger partial charge is 0.315 e. The van der Waals surface area contributed by atoms with Crippen LogP contribution in [0.1, 0.15) is 29.5 Å². The summed E-state index contributed by atoms with van der Waals surface area (Å²) in [5.74, 6) is 0.818. The highest BCUT2D eigenvalue weighted by molar-refractivity contribution is 5.74. The predicted molar refractivity (Wildman–Crippen MR) is 83.8 cm³/mol. The Labute approximate surface area is 128 Å². The molecule has 2 amide bonds. The normalized spacial score (nSPS) is 12.0. The largest absolute Gasteiger partial charge is 0.469 e. The monoisotopic (exact) mass is 303 g/mol. The molecule has 2 aromatic heterocycles. The summed E-state index contributed by atoms with van der Waals surface area (Å²) < 4.78 is 5.24. The van der Waals surface area contributed by atoms with Crippen molar-refractivity contribution in [2.45, 2.75) is 39.8 Å². The molecule has 0 aliphatic carbocycles. The van der Waals surface area contributed by atoms with Crippen LogP contribution in [0.4, 0.5) is 4.79 Å². The van der Waals surface area contributed by atoms with Gasteiger partial charge in [-0.1, -0.05) is 0 Å². The maximum absolute atomic E-state index is 11.9. The van der Waals surface area contributed by atoms with E-state index < -0.39 is 0 Å². The molecule has 22 heavy (non-hydrogen) atoms. The second-order valence-corrected chi connectivity index (χ2v) is 5.45. The van der Waals surface area contributed by atoms with Crippen LogP contribution in [-0.2, 0) is 13.0 Å². The number of urea groups is 1. The van der Waals surface area contributed by atoms with Crippen molar-refractivity contribution in [3.05, 3.63) is 57.4 Å². The van der Waals surface area contributed by atoms with Crippen molar-refractivity contribution in [3.8, 4) is 0 Å². The molecule has 0 aliphatic heterocycles. The Morgan fingerprint density at radius 2 is 2.18 bits per heavy atom. The average Bonchev–Trinajstić information content (AvgIpc) is 2.89. The van der Waals surface area contributed by atoms with Gasteiger partial charge in [0.2, 0.25) is 0 Å². The molecule has 2 aromatic rings. The van der Waals surface area contributed by atoms with Gasteiger partial charge in [0.25, 0.3) is 5.56 Å². The van der Waals surface area contributed by atoms with Crippen molar-refractivity contribution in [2.75, 3.05) is 0 Å². The summed E-state index contributed by atoms with van der Waals surface area (Å²) >= 11 is 0. The van der Waals surface area contributed by atoms with Crippen LogP contribution in [0.15, 0.2) is 33.7 Å². The standard InChI is InChI=1S/C16H21N3O3/c1-10-7-11(2)18-15(20)14(10)9-17-16(21)19-12(3)8-13-5-4-6-22-13/h4-7,12H,8-9H2,1-3H3,(H,18,20)(H2,17,19,21)/t12-/m1/s1. The van der Waals surface area contributed by atoms with E-state index in [4.69, 9.17) is 4.42 Å². The van der Waals surface area contributed by atoms with Crippen LogP contribution in [0.25, 0.3) is 0 Å². The summed E-state index contributed by atoms with van der Waals surface area (Å²) in [7, 11) is 0. The first-order valence-corrected chi connectivity index (χ1v) is 7.22. The van der Waals surface area contributed by atoms with E-state index in [9.17, 15) is 9.59 Å². The molecule has 0 radical (unpaired) electrons. The summed E-state index contributed by atoms with van der Waals surface area (Å²) in [6, 6.07) is 5.19. The maximum Gasteiger partial charge on any atom is 0.315 e. The Morgan fingerprint density at radius 1 is 1.41 bits per heavy atom. The third-order valence-electron chi connectivity index (χ3n) is 3.38. The van der Waals surface area contributed by atoms with E-state index in [2.05, 4.69) is 15.6 Å². The number of furan rings is 1. The van der Waals surface area contributed by atoms with Crippen LogP contribution in [-0.4, -0.2) is 17.1 Å². The predicted octanol–water partition coefficient (Wildman–Crippen LogP) is 2.02. The molecular formula is C16H21N3O3.